The van der Waals surface area contributed by atoms with Gasteiger partial charge in [-0.2, -0.15) is 0 Å². The zero-order valence-electron chi connectivity index (χ0n) is 14.6. The predicted octanol–water partition coefficient (Wildman–Crippen LogP) is 3.50. The Hall–Kier alpha value is -1.71. The zero-order valence-corrected chi connectivity index (χ0v) is 14.6. The van der Waals surface area contributed by atoms with Crippen LogP contribution in [0.3, 0.4) is 0 Å². The molecular weight excluding hydrogens is 300 g/mol. The van der Waals surface area contributed by atoms with E-state index in [1.54, 1.807) is 0 Å². The van der Waals surface area contributed by atoms with Crippen molar-refractivity contribution in [3.05, 3.63) is 24.3 Å². The lowest BCUT2D eigenvalue weighted by Crippen LogP contribution is -2.57. The molecular formula is C20H28N2O2. The van der Waals surface area contributed by atoms with Crippen LogP contribution in [0.2, 0.25) is 0 Å². The van der Waals surface area contributed by atoms with Crippen molar-refractivity contribution in [3.8, 4) is 5.75 Å². The number of rotatable bonds is 3. The Labute approximate surface area is 144 Å². The Balaban J connectivity index is 1.65. The van der Waals surface area contributed by atoms with E-state index in [9.17, 15) is 4.79 Å². The van der Waals surface area contributed by atoms with Gasteiger partial charge in [0.2, 0.25) is 5.91 Å². The lowest BCUT2D eigenvalue weighted by Gasteiger charge is -2.53. The lowest BCUT2D eigenvalue weighted by atomic mass is 9.63. The molecule has 1 aromatic carbocycles. The SMILES string of the molecule is CCOc1ccc(N2C[C@@H]3CC4(CCCCC4)[C@H]2CC(=O)N3)cc1. The molecule has 1 aromatic rings. The number of nitrogens with zero attached hydrogens (tertiary/aromatic N) is 1. The van der Waals surface area contributed by atoms with Crippen LogP contribution >= 0.6 is 0 Å². The van der Waals surface area contributed by atoms with E-state index < -0.39 is 0 Å². The van der Waals surface area contributed by atoms with Gasteiger partial charge >= 0.3 is 0 Å². The molecule has 1 spiro atoms. The minimum atomic E-state index is 0.237. The van der Waals surface area contributed by atoms with E-state index in [0.717, 1.165) is 18.7 Å². The van der Waals surface area contributed by atoms with Crippen LogP contribution in [-0.4, -0.2) is 31.1 Å². The van der Waals surface area contributed by atoms with Crippen molar-refractivity contribution in [2.75, 3.05) is 18.1 Å². The molecule has 4 fully saturated rings. The average molecular weight is 328 g/mol. The first-order chi connectivity index (χ1) is 11.7. The number of fused-ring (bicyclic) bond motifs is 3. The second kappa shape index (κ2) is 6.30. The van der Waals surface area contributed by atoms with E-state index in [-0.39, 0.29) is 5.91 Å². The van der Waals surface area contributed by atoms with Crippen molar-refractivity contribution in [3.63, 3.8) is 0 Å². The van der Waals surface area contributed by atoms with E-state index in [0.29, 0.717) is 30.5 Å². The third-order valence-corrected chi connectivity index (χ3v) is 6.23. The molecule has 4 heteroatoms. The van der Waals surface area contributed by atoms with Gasteiger partial charge in [-0.1, -0.05) is 19.3 Å². The van der Waals surface area contributed by atoms with Crippen molar-refractivity contribution in [1.82, 2.24) is 5.32 Å². The van der Waals surface area contributed by atoms with Crippen molar-refractivity contribution in [2.24, 2.45) is 5.41 Å². The monoisotopic (exact) mass is 328 g/mol. The summed E-state index contributed by atoms with van der Waals surface area (Å²) in [6.45, 7) is 3.63. The highest BCUT2D eigenvalue weighted by Crippen LogP contribution is 2.50. The minimum absolute atomic E-state index is 0.237. The maximum Gasteiger partial charge on any atom is 0.222 e. The van der Waals surface area contributed by atoms with Crippen molar-refractivity contribution in [2.45, 2.75) is 64.0 Å². The smallest absolute Gasteiger partial charge is 0.222 e. The molecule has 1 saturated carbocycles. The van der Waals surface area contributed by atoms with Gasteiger partial charge in [-0.25, -0.2) is 0 Å². The van der Waals surface area contributed by atoms with Gasteiger partial charge in [0.25, 0.3) is 0 Å². The zero-order chi connectivity index (χ0) is 16.6. The molecule has 1 amide bonds. The van der Waals surface area contributed by atoms with Crippen LogP contribution in [0.25, 0.3) is 0 Å². The van der Waals surface area contributed by atoms with Crippen LogP contribution in [-0.2, 0) is 4.79 Å². The molecule has 4 nitrogen and oxygen atoms in total. The molecule has 3 heterocycles. The second-order valence-corrected chi connectivity index (χ2v) is 7.69. The highest BCUT2D eigenvalue weighted by atomic mass is 16.5. The maximum absolute atomic E-state index is 12.3. The summed E-state index contributed by atoms with van der Waals surface area (Å²) in [5.41, 5.74) is 1.55. The maximum atomic E-state index is 12.3. The number of carbonyl (C=O) groups excluding carboxylic acids is 1. The Morgan fingerprint density at radius 1 is 1.21 bits per heavy atom. The first-order valence-electron chi connectivity index (χ1n) is 9.49. The minimum Gasteiger partial charge on any atom is -0.494 e. The molecule has 0 aromatic heterocycles. The van der Waals surface area contributed by atoms with Crippen LogP contribution in [0, 0.1) is 5.41 Å². The van der Waals surface area contributed by atoms with Gasteiger partial charge in [0.15, 0.2) is 0 Å². The highest BCUT2D eigenvalue weighted by Gasteiger charge is 2.51. The highest BCUT2D eigenvalue weighted by molar-refractivity contribution is 5.79. The quantitative estimate of drug-likeness (QED) is 0.923. The third-order valence-electron chi connectivity index (χ3n) is 6.23. The number of benzene rings is 1. The molecule has 1 aliphatic carbocycles. The van der Waals surface area contributed by atoms with Crippen LogP contribution in [0.1, 0.15) is 51.9 Å². The Bertz CT molecular complexity index is 592. The second-order valence-electron chi connectivity index (χ2n) is 7.69. The summed E-state index contributed by atoms with van der Waals surface area (Å²) in [6.07, 6.45) is 8.33. The summed E-state index contributed by atoms with van der Waals surface area (Å²) >= 11 is 0. The molecule has 2 bridgehead atoms. The van der Waals surface area contributed by atoms with Crippen LogP contribution < -0.4 is 15.0 Å². The molecule has 5 rings (SSSR count). The Kier molecular flexibility index (Phi) is 4.15. The van der Waals surface area contributed by atoms with Gasteiger partial charge < -0.3 is 15.0 Å². The fourth-order valence-corrected chi connectivity index (χ4v) is 5.25. The number of ether oxygens (including phenoxy) is 1. The third kappa shape index (κ3) is 2.76. The van der Waals surface area contributed by atoms with Gasteiger partial charge in [-0.3, -0.25) is 4.79 Å². The number of hydrogen-bond donors (Lipinski definition) is 1. The fourth-order valence-electron chi connectivity index (χ4n) is 5.25. The van der Waals surface area contributed by atoms with E-state index in [1.807, 2.05) is 6.92 Å². The van der Waals surface area contributed by atoms with Gasteiger partial charge in [-0.15, -0.1) is 0 Å². The summed E-state index contributed by atoms with van der Waals surface area (Å²) in [5.74, 6) is 1.16. The molecule has 3 saturated heterocycles. The van der Waals surface area contributed by atoms with Gasteiger partial charge in [0.05, 0.1) is 6.61 Å². The van der Waals surface area contributed by atoms with Crippen molar-refractivity contribution < 1.29 is 9.53 Å². The van der Waals surface area contributed by atoms with Gasteiger partial charge in [0, 0.05) is 30.7 Å². The number of carbonyl (C=O) groups is 1. The molecule has 0 radical (unpaired) electrons. The lowest BCUT2D eigenvalue weighted by molar-refractivity contribution is -0.121. The number of amides is 1. The van der Waals surface area contributed by atoms with Crippen LogP contribution in [0.5, 0.6) is 5.75 Å². The molecule has 3 aliphatic heterocycles. The molecule has 0 unspecified atom stereocenters. The number of hydrogen-bond acceptors (Lipinski definition) is 3. The largest absolute Gasteiger partial charge is 0.494 e. The topological polar surface area (TPSA) is 41.6 Å². The molecule has 2 atom stereocenters. The summed E-state index contributed by atoms with van der Waals surface area (Å²) in [6, 6.07) is 9.06. The predicted molar refractivity (Wildman–Crippen MR) is 95.4 cm³/mol. The molecule has 4 aliphatic rings. The van der Waals surface area contributed by atoms with Crippen LogP contribution in [0.15, 0.2) is 24.3 Å². The van der Waals surface area contributed by atoms with E-state index in [1.165, 1.54) is 37.8 Å². The average Bonchev–Trinajstić information content (AvgIpc) is 2.82. The summed E-state index contributed by atoms with van der Waals surface area (Å²) < 4.78 is 5.58. The summed E-state index contributed by atoms with van der Waals surface area (Å²) in [7, 11) is 0. The molecule has 1 N–H and O–H groups in total. The normalized spacial score (nSPS) is 28.5. The molecule has 24 heavy (non-hydrogen) atoms. The van der Waals surface area contributed by atoms with Crippen molar-refractivity contribution in [1.29, 1.82) is 0 Å². The van der Waals surface area contributed by atoms with E-state index in [2.05, 4.69) is 34.5 Å². The first kappa shape index (κ1) is 15.8. The van der Waals surface area contributed by atoms with Gasteiger partial charge in [-0.05, 0) is 55.9 Å². The van der Waals surface area contributed by atoms with E-state index in [4.69, 9.17) is 4.74 Å². The molecule has 130 valence electrons. The standard InChI is InChI=1S/C20H28N2O2/c1-2-24-17-8-6-16(7-9-17)22-14-15-13-20(10-4-3-5-11-20)18(22)12-19(23)21-15/h6-9,15,18H,2-5,10-14H2,1H3,(H,21,23)/t15-,18+/m0/s1. The number of anilines is 1. The first-order valence-corrected chi connectivity index (χ1v) is 9.49. The Morgan fingerprint density at radius 2 is 1.96 bits per heavy atom. The van der Waals surface area contributed by atoms with E-state index >= 15 is 0 Å². The van der Waals surface area contributed by atoms with Crippen molar-refractivity contribution >= 4 is 11.6 Å². The Morgan fingerprint density at radius 3 is 2.67 bits per heavy atom. The van der Waals surface area contributed by atoms with Gasteiger partial charge in [0.1, 0.15) is 5.75 Å². The fraction of sp³-hybridized carbons (Fsp3) is 0.650. The number of piperidine rings is 1. The summed E-state index contributed by atoms with van der Waals surface area (Å²) in [4.78, 5) is 14.8. The van der Waals surface area contributed by atoms with Crippen LogP contribution in [0.4, 0.5) is 5.69 Å². The number of nitrogens with one attached hydrogen (secondary N) is 1. The summed E-state index contributed by atoms with van der Waals surface area (Å²) in [5, 5.41) is 3.27.